The molecule has 0 atom stereocenters. The number of likely N-dealkylation sites (tertiary alicyclic amines) is 1. The van der Waals surface area contributed by atoms with Crippen LogP contribution in [0.1, 0.15) is 29.6 Å². The molecule has 0 bridgehead atoms. The first kappa shape index (κ1) is 15.1. The highest BCUT2D eigenvalue weighted by molar-refractivity contribution is 6.32. The third-order valence-electron chi connectivity index (χ3n) is 3.45. The van der Waals surface area contributed by atoms with Gasteiger partial charge in [0, 0.05) is 12.1 Å². The van der Waals surface area contributed by atoms with Gasteiger partial charge in [0.15, 0.2) is 11.5 Å². The number of benzene rings is 1. The van der Waals surface area contributed by atoms with E-state index in [0.29, 0.717) is 28.7 Å². The van der Waals surface area contributed by atoms with Gasteiger partial charge in [-0.25, -0.2) is 0 Å². The SMILES string of the molecule is COc1cc(C=O)cc(Cl)c1OCCCN1CCCC1. The molecule has 1 aliphatic rings. The first-order valence-corrected chi connectivity index (χ1v) is 7.30. The minimum Gasteiger partial charge on any atom is -0.493 e. The average molecular weight is 298 g/mol. The number of aldehydes is 1. The molecule has 0 N–H and O–H groups in total. The zero-order valence-electron chi connectivity index (χ0n) is 11.7. The fourth-order valence-electron chi connectivity index (χ4n) is 2.42. The lowest BCUT2D eigenvalue weighted by Gasteiger charge is -2.16. The van der Waals surface area contributed by atoms with Crippen molar-refractivity contribution in [1.82, 2.24) is 4.90 Å². The number of carbonyl (C=O) groups is 1. The molecule has 4 nitrogen and oxygen atoms in total. The topological polar surface area (TPSA) is 38.8 Å². The molecule has 1 aromatic carbocycles. The van der Waals surface area contributed by atoms with Crippen molar-refractivity contribution in [1.29, 1.82) is 0 Å². The van der Waals surface area contributed by atoms with E-state index in [1.165, 1.54) is 33.0 Å². The van der Waals surface area contributed by atoms with Crippen LogP contribution in [0.3, 0.4) is 0 Å². The van der Waals surface area contributed by atoms with Gasteiger partial charge < -0.3 is 14.4 Å². The van der Waals surface area contributed by atoms with Crippen LogP contribution >= 0.6 is 11.6 Å². The van der Waals surface area contributed by atoms with Gasteiger partial charge in [0.25, 0.3) is 0 Å². The normalized spacial score (nSPS) is 15.3. The van der Waals surface area contributed by atoms with Crippen molar-refractivity contribution in [3.8, 4) is 11.5 Å². The quantitative estimate of drug-likeness (QED) is 0.573. The monoisotopic (exact) mass is 297 g/mol. The van der Waals surface area contributed by atoms with Crippen LogP contribution in [-0.2, 0) is 0 Å². The summed E-state index contributed by atoms with van der Waals surface area (Å²) >= 11 is 6.12. The lowest BCUT2D eigenvalue weighted by molar-refractivity contribution is 0.112. The van der Waals surface area contributed by atoms with Crippen molar-refractivity contribution in [3.05, 3.63) is 22.7 Å². The Hall–Kier alpha value is -1.26. The first-order valence-electron chi connectivity index (χ1n) is 6.92. The van der Waals surface area contributed by atoms with Gasteiger partial charge in [-0.15, -0.1) is 0 Å². The number of carbonyl (C=O) groups excluding carboxylic acids is 1. The average Bonchev–Trinajstić information content (AvgIpc) is 2.97. The zero-order valence-corrected chi connectivity index (χ0v) is 12.5. The molecule has 0 unspecified atom stereocenters. The van der Waals surface area contributed by atoms with Crippen molar-refractivity contribution in [2.45, 2.75) is 19.3 Å². The molecule has 0 aromatic heterocycles. The van der Waals surface area contributed by atoms with E-state index in [1.54, 1.807) is 12.1 Å². The summed E-state index contributed by atoms with van der Waals surface area (Å²) < 4.78 is 10.9. The molecule has 0 saturated carbocycles. The van der Waals surface area contributed by atoms with Gasteiger partial charge in [-0.05, 0) is 44.5 Å². The Morgan fingerprint density at radius 3 is 2.75 bits per heavy atom. The summed E-state index contributed by atoms with van der Waals surface area (Å²) in [5, 5.41) is 0.410. The number of methoxy groups -OCH3 is 1. The molecular formula is C15H20ClNO3. The second-order valence-corrected chi connectivity index (χ2v) is 5.31. The molecule has 1 heterocycles. The summed E-state index contributed by atoms with van der Waals surface area (Å²) in [5.74, 6) is 1.02. The van der Waals surface area contributed by atoms with Crippen LogP contribution in [-0.4, -0.2) is 44.5 Å². The number of nitrogens with zero attached hydrogens (tertiary/aromatic N) is 1. The maximum absolute atomic E-state index is 10.8. The summed E-state index contributed by atoms with van der Waals surface area (Å²) in [6, 6.07) is 3.22. The molecule has 0 radical (unpaired) electrons. The fraction of sp³-hybridized carbons (Fsp3) is 0.533. The standard InChI is InChI=1S/C15H20ClNO3/c1-19-14-10-12(11-18)9-13(16)15(14)20-8-4-7-17-5-2-3-6-17/h9-11H,2-8H2,1H3. The van der Waals surface area contributed by atoms with Crippen LogP contribution in [0.25, 0.3) is 0 Å². The summed E-state index contributed by atoms with van der Waals surface area (Å²) in [6.45, 7) is 4.02. The largest absolute Gasteiger partial charge is 0.493 e. The van der Waals surface area contributed by atoms with Crippen molar-refractivity contribution in [3.63, 3.8) is 0 Å². The van der Waals surface area contributed by atoms with E-state index in [-0.39, 0.29) is 0 Å². The van der Waals surface area contributed by atoms with Crippen molar-refractivity contribution < 1.29 is 14.3 Å². The third kappa shape index (κ3) is 3.87. The summed E-state index contributed by atoms with van der Waals surface area (Å²) in [4.78, 5) is 13.2. The van der Waals surface area contributed by atoms with Gasteiger partial charge in [0.1, 0.15) is 6.29 Å². The Morgan fingerprint density at radius 1 is 1.35 bits per heavy atom. The Bertz CT molecular complexity index is 459. The highest BCUT2D eigenvalue weighted by Gasteiger charge is 2.13. The molecule has 5 heteroatoms. The molecule has 1 saturated heterocycles. The smallest absolute Gasteiger partial charge is 0.179 e. The van der Waals surface area contributed by atoms with Gasteiger partial charge in [-0.1, -0.05) is 11.6 Å². The van der Waals surface area contributed by atoms with Gasteiger partial charge >= 0.3 is 0 Å². The lowest BCUT2D eigenvalue weighted by atomic mass is 10.2. The van der Waals surface area contributed by atoms with Gasteiger partial charge in [-0.3, -0.25) is 4.79 Å². The Kier molecular flexibility index (Phi) is 5.68. The van der Waals surface area contributed by atoms with E-state index >= 15 is 0 Å². The van der Waals surface area contributed by atoms with E-state index in [1.807, 2.05) is 0 Å². The van der Waals surface area contributed by atoms with E-state index in [2.05, 4.69) is 4.90 Å². The molecule has 0 aliphatic carbocycles. The van der Waals surface area contributed by atoms with Crippen LogP contribution in [0.4, 0.5) is 0 Å². The minimum atomic E-state index is 0.410. The zero-order chi connectivity index (χ0) is 14.4. The maximum atomic E-state index is 10.8. The van der Waals surface area contributed by atoms with E-state index in [0.717, 1.165) is 19.3 Å². The van der Waals surface area contributed by atoms with Crippen molar-refractivity contribution in [2.24, 2.45) is 0 Å². The van der Waals surface area contributed by atoms with E-state index < -0.39 is 0 Å². The maximum Gasteiger partial charge on any atom is 0.179 e. The Balaban J connectivity index is 1.89. The molecule has 2 rings (SSSR count). The van der Waals surface area contributed by atoms with Crippen LogP contribution in [0, 0.1) is 0 Å². The lowest BCUT2D eigenvalue weighted by Crippen LogP contribution is -2.22. The molecule has 1 aromatic rings. The minimum absolute atomic E-state index is 0.410. The molecule has 1 fully saturated rings. The van der Waals surface area contributed by atoms with E-state index in [9.17, 15) is 4.79 Å². The number of hydrogen-bond acceptors (Lipinski definition) is 4. The van der Waals surface area contributed by atoms with E-state index in [4.69, 9.17) is 21.1 Å². The first-order chi connectivity index (χ1) is 9.74. The summed E-state index contributed by atoms with van der Waals surface area (Å²) in [6.07, 6.45) is 4.29. The second-order valence-electron chi connectivity index (χ2n) is 4.90. The van der Waals surface area contributed by atoms with Crippen LogP contribution in [0.5, 0.6) is 11.5 Å². The molecule has 1 aliphatic heterocycles. The molecular weight excluding hydrogens is 278 g/mol. The molecule has 0 amide bonds. The number of hydrogen-bond donors (Lipinski definition) is 0. The summed E-state index contributed by atoms with van der Waals surface area (Å²) in [5.41, 5.74) is 0.483. The van der Waals surface area contributed by atoms with Crippen LogP contribution in [0.2, 0.25) is 5.02 Å². The van der Waals surface area contributed by atoms with Gasteiger partial charge in [0.05, 0.1) is 18.7 Å². The summed E-state index contributed by atoms with van der Waals surface area (Å²) in [7, 11) is 1.54. The van der Waals surface area contributed by atoms with Crippen LogP contribution in [0.15, 0.2) is 12.1 Å². The highest BCUT2D eigenvalue weighted by Crippen LogP contribution is 2.36. The van der Waals surface area contributed by atoms with Gasteiger partial charge in [-0.2, -0.15) is 0 Å². The van der Waals surface area contributed by atoms with Crippen molar-refractivity contribution in [2.75, 3.05) is 33.4 Å². The Labute approximate surface area is 124 Å². The molecule has 0 spiro atoms. The molecule has 110 valence electrons. The number of rotatable bonds is 7. The second kappa shape index (κ2) is 7.50. The number of halogens is 1. The fourth-order valence-corrected chi connectivity index (χ4v) is 2.69. The number of ether oxygens (including phenoxy) is 2. The third-order valence-corrected chi connectivity index (χ3v) is 3.73. The van der Waals surface area contributed by atoms with Crippen LogP contribution < -0.4 is 9.47 Å². The van der Waals surface area contributed by atoms with Gasteiger partial charge in [0.2, 0.25) is 0 Å². The highest BCUT2D eigenvalue weighted by atomic mass is 35.5. The predicted molar refractivity (Wildman–Crippen MR) is 79.2 cm³/mol. The predicted octanol–water partition coefficient (Wildman–Crippen LogP) is 3.03. The molecule has 20 heavy (non-hydrogen) atoms. The van der Waals surface area contributed by atoms with Crippen molar-refractivity contribution >= 4 is 17.9 Å². The Morgan fingerprint density at radius 2 is 2.10 bits per heavy atom.